The van der Waals surface area contributed by atoms with Crippen molar-refractivity contribution in [3.05, 3.63) is 29.6 Å². The topological polar surface area (TPSA) is 28.2 Å². The van der Waals surface area contributed by atoms with Crippen LogP contribution in [0, 0.1) is 5.92 Å². The minimum atomic E-state index is 0.129. The summed E-state index contributed by atoms with van der Waals surface area (Å²) >= 11 is 0. The number of hydrogen-bond donors (Lipinski definition) is 1. The Morgan fingerprint density at radius 3 is 2.43 bits per heavy atom. The maximum atomic E-state index is 4.79. The molecule has 0 aliphatic heterocycles. The van der Waals surface area contributed by atoms with Crippen molar-refractivity contribution >= 4 is 0 Å². The van der Waals surface area contributed by atoms with Gasteiger partial charge in [0.2, 0.25) is 0 Å². The van der Waals surface area contributed by atoms with E-state index in [0.717, 1.165) is 37.8 Å². The number of pyridine rings is 1. The predicted octanol–water partition coefficient (Wildman–Crippen LogP) is 3.84. The first-order valence-corrected chi connectivity index (χ1v) is 8.26. The van der Waals surface area contributed by atoms with Gasteiger partial charge in [-0.1, -0.05) is 33.3 Å². The van der Waals surface area contributed by atoms with E-state index in [1.54, 1.807) is 0 Å². The fourth-order valence-electron chi connectivity index (χ4n) is 2.18. The molecule has 0 fully saturated rings. The maximum Gasteiger partial charge on any atom is 0.0547 e. The average Bonchev–Trinajstić information content (AvgIpc) is 2.44. The zero-order chi connectivity index (χ0) is 15.9. The number of nitrogens with one attached hydrogen (secondary N) is 1. The number of hydrogen-bond acceptors (Lipinski definition) is 3. The van der Waals surface area contributed by atoms with Crippen LogP contribution in [-0.4, -0.2) is 28.5 Å². The van der Waals surface area contributed by atoms with Crippen LogP contribution in [0.4, 0.5) is 0 Å². The van der Waals surface area contributed by atoms with E-state index in [1.165, 1.54) is 12.1 Å². The maximum absolute atomic E-state index is 4.79. The van der Waals surface area contributed by atoms with Gasteiger partial charge in [-0.05, 0) is 45.4 Å². The van der Waals surface area contributed by atoms with Crippen molar-refractivity contribution in [1.29, 1.82) is 0 Å². The number of rotatable bonds is 8. The van der Waals surface area contributed by atoms with Gasteiger partial charge in [-0.3, -0.25) is 9.88 Å². The average molecular weight is 291 g/mol. The lowest BCUT2D eigenvalue weighted by Crippen LogP contribution is -2.35. The lowest BCUT2D eigenvalue weighted by molar-refractivity contribution is 0.235. The van der Waals surface area contributed by atoms with Gasteiger partial charge >= 0.3 is 0 Å². The Kier molecular flexibility index (Phi) is 7.33. The third-order valence-electron chi connectivity index (χ3n) is 3.76. The molecular weight excluding hydrogens is 258 g/mol. The second kappa shape index (κ2) is 8.50. The van der Waals surface area contributed by atoms with Crippen molar-refractivity contribution in [1.82, 2.24) is 15.2 Å². The molecule has 1 N–H and O–H groups in total. The molecule has 1 aromatic rings. The quantitative estimate of drug-likeness (QED) is 0.789. The smallest absolute Gasteiger partial charge is 0.0547 e. The molecule has 0 saturated heterocycles. The van der Waals surface area contributed by atoms with Crippen LogP contribution in [-0.2, 0) is 13.1 Å². The minimum Gasteiger partial charge on any atom is -0.306 e. The van der Waals surface area contributed by atoms with Crippen molar-refractivity contribution < 1.29 is 0 Å². The van der Waals surface area contributed by atoms with Crippen LogP contribution in [0.25, 0.3) is 0 Å². The Bertz CT molecular complexity index is 409. The lowest BCUT2D eigenvalue weighted by Gasteiger charge is -2.24. The highest BCUT2D eigenvalue weighted by atomic mass is 15.1. The van der Waals surface area contributed by atoms with E-state index >= 15 is 0 Å². The van der Waals surface area contributed by atoms with Gasteiger partial charge in [-0.25, -0.2) is 0 Å². The van der Waals surface area contributed by atoms with E-state index in [1.807, 2.05) is 0 Å². The van der Waals surface area contributed by atoms with E-state index < -0.39 is 0 Å². The van der Waals surface area contributed by atoms with Crippen LogP contribution in [0.1, 0.15) is 59.4 Å². The molecule has 21 heavy (non-hydrogen) atoms. The zero-order valence-corrected chi connectivity index (χ0v) is 14.7. The van der Waals surface area contributed by atoms with Crippen molar-refractivity contribution in [2.24, 2.45) is 5.92 Å². The second-order valence-corrected chi connectivity index (χ2v) is 7.06. The Morgan fingerprint density at radius 1 is 1.19 bits per heavy atom. The number of aromatic nitrogens is 1. The van der Waals surface area contributed by atoms with Gasteiger partial charge in [0.25, 0.3) is 0 Å². The lowest BCUT2D eigenvalue weighted by atomic mass is 10.1. The molecule has 1 unspecified atom stereocenters. The molecule has 3 heteroatoms. The minimum absolute atomic E-state index is 0.129. The molecule has 0 amide bonds. The Balaban J connectivity index is 2.62. The highest BCUT2D eigenvalue weighted by molar-refractivity contribution is 5.11. The molecule has 0 spiro atoms. The van der Waals surface area contributed by atoms with Crippen LogP contribution in [0.2, 0.25) is 0 Å². The summed E-state index contributed by atoms with van der Waals surface area (Å²) in [6.45, 7) is 17.4. The van der Waals surface area contributed by atoms with Crippen molar-refractivity contribution in [2.45, 2.75) is 66.6 Å². The van der Waals surface area contributed by atoms with E-state index in [-0.39, 0.29) is 5.54 Å². The van der Waals surface area contributed by atoms with Crippen LogP contribution >= 0.6 is 0 Å². The summed E-state index contributed by atoms with van der Waals surface area (Å²) in [7, 11) is 0. The molecule has 0 aromatic carbocycles. The summed E-state index contributed by atoms with van der Waals surface area (Å²) in [5.41, 5.74) is 2.43. The Labute approximate surface area is 131 Å². The SMILES string of the molecule is CCC(C)CN(CC)Cc1cccc(CNC(C)(C)C)n1. The largest absolute Gasteiger partial charge is 0.306 e. The van der Waals surface area contributed by atoms with Crippen LogP contribution in [0.15, 0.2) is 18.2 Å². The van der Waals surface area contributed by atoms with E-state index in [2.05, 4.69) is 70.0 Å². The first kappa shape index (κ1) is 18.1. The van der Waals surface area contributed by atoms with Gasteiger partial charge in [-0.15, -0.1) is 0 Å². The third-order valence-corrected chi connectivity index (χ3v) is 3.76. The summed E-state index contributed by atoms with van der Waals surface area (Å²) in [4.78, 5) is 7.28. The highest BCUT2D eigenvalue weighted by Crippen LogP contribution is 2.09. The molecule has 0 radical (unpaired) electrons. The third kappa shape index (κ3) is 7.58. The molecule has 1 atom stereocenters. The van der Waals surface area contributed by atoms with Gasteiger partial charge in [0.1, 0.15) is 0 Å². The van der Waals surface area contributed by atoms with E-state index in [0.29, 0.717) is 0 Å². The van der Waals surface area contributed by atoms with Gasteiger partial charge in [0.15, 0.2) is 0 Å². The van der Waals surface area contributed by atoms with E-state index in [9.17, 15) is 0 Å². The summed E-state index contributed by atoms with van der Waals surface area (Å²) in [6, 6.07) is 6.37. The van der Waals surface area contributed by atoms with E-state index in [4.69, 9.17) is 4.98 Å². The molecule has 0 bridgehead atoms. The Hall–Kier alpha value is -0.930. The van der Waals surface area contributed by atoms with Gasteiger partial charge in [-0.2, -0.15) is 0 Å². The summed E-state index contributed by atoms with van der Waals surface area (Å²) in [5, 5.41) is 3.50. The molecule has 3 nitrogen and oxygen atoms in total. The van der Waals surface area contributed by atoms with Crippen molar-refractivity contribution in [2.75, 3.05) is 13.1 Å². The van der Waals surface area contributed by atoms with Crippen LogP contribution < -0.4 is 5.32 Å². The molecule has 120 valence electrons. The standard InChI is InChI=1S/C18H33N3/c1-7-15(3)13-21(8-2)14-17-11-9-10-16(20-17)12-19-18(4,5)6/h9-11,15,19H,7-8,12-14H2,1-6H3. The molecule has 0 saturated carbocycles. The van der Waals surface area contributed by atoms with Gasteiger partial charge in [0.05, 0.1) is 11.4 Å². The van der Waals surface area contributed by atoms with Crippen molar-refractivity contribution in [3.8, 4) is 0 Å². The molecule has 1 heterocycles. The molecular formula is C18H33N3. The summed E-state index contributed by atoms with van der Waals surface area (Å²) in [6.07, 6.45) is 1.24. The van der Waals surface area contributed by atoms with Crippen molar-refractivity contribution in [3.63, 3.8) is 0 Å². The summed E-state index contributed by atoms with van der Waals surface area (Å²) in [5.74, 6) is 0.746. The fraction of sp³-hybridized carbons (Fsp3) is 0.722. The highest BCUT2D eigenvalue weighted by Gasteiger charge is 2.11. The van der Waals surface area contributed by atoms with Gasteiger partial charge in [0, 0.05) is 25.2 Å². The molecule has 1 aromatic heterocycles. The zero-order valence-electron chi connectivity index (χ0n) is 14.7. The van der Waals surface area contributed by atoms with Gasteiger partial charge < -0.3 is 5.32 Å². The molecule has 0 aliphatic carbocycles. The van der Waals surface area contributed by atoms with Crippen LogP contribution in [0.3, 0.4) is 0 Å². The first-order valence-electron chi connectivity index (χ1n) is 8.26. The van der Waals surface area contributed by atoms with Crippen LogP contribution in [0.5, 0.6) is 0 Å². The second-order valence-electron chi connectivity index (χ2n) is 7.06. The first-order chi connectivity index (χ1) is 9.84. The monoisotopic (exact) mass is 291 g/mol. The summed E-state index contributed by atoms with van der Waals surface area (Å²) < 4.78 is 0. The number of nitrogens with zero attached hydrogens (tertiary/aromatic N) is 2. The predicted molar refractivity (Wildman–Crippen MR) is 91.2 cm³/mol. The fourth-order valence-corrected chi connectivity index (χ4v) is 2.18. The molecule has 0 aliphatic rings. The normalized spacial score (nSPS) is 13.7. The Morgan fingerprint density at radius 2 is 1.86 bits per heavy atom. The molecule has 1 rings (SSSR count).